The molecule has 1 amide bonds. The summed E-state index contributed by atoms with van der Waals surface area (Å²) in [5, 5.41) is 12.3. The van der Waals surface area contributed by atoms with E-state index in [-0.39, 0.29) is 11.4 Å². The minimum atomic E-state index is -4.60. The normalized spacial score (nSPS) is 10.8. The standard InChI is InChI=1S/C9H7F3N2O4/c10-9(11,12)5-18-8(15)13-6-1-3-7(4-2-6)14(16)17/h1-4H,5H2,(H,13,15). The van der Waals surface area contributed by atoms with Crippen LogP contribution in [0.25, 0.3) is 0 Å². The minimum Gasteiger partial charge on any atom is -0.440 e. The zero-order chi connectivity index (χ0) is 13.8. The molecule has 0 heterocycles. The molecule has 1 aromatic rings. The number of nitro groups is 1. The number of carbonyl (C=O) groups excluding carboxylic acids is 1. The number of nitro benzene ring substituents is 1. The molecule has 0 aliphatic carbocycles. The molecule has 1 N–H and O–H groups in total. The number of alkyl halides is 3. The lowest BCUT2D eigenvalue weighted by Gasteiger charge is -2.08. The van der Waals surface area contributed by atoms with Gasteiger partial charge in [0.15, 0.2) is 6.61 Å². The van der Waals surface area contributed by atoms with Crippen molar-refractivity contribution >= 4 is 17.5 Å². The Hall–Kier alpha value is -2.32. The lowest BCUT2D eigenvalue weighted by molar-refractivity contribution is -0.384. The van der Waals surface area contributed by atoms with Crippen LogP contribution in [0.4, 0.5) is 29.3 Å². The van der Waals surface area contributed by atoms with E-state index < -0.39 is 23.8 Å². The van der Waals surface area contributed by atoms with Gasteiger partial charge in [-0.15, -0.1) is 0 Å². The summed E-state index contributed by atoms with van der Waals surface area (Å²) in [5.74, 6) is 0. The summed E-state index contributed by atoms with van der Waals surface area (Å²) >= 11 is 0. The van der Waals surface area contributed by atoms with Crippen LogP contribution in [0.15, 0.2) is 24.3 Å². The van der Waals surface area contributed by atoms with Gasteiger partial charge in [-0.25, -0.2) is 4.79 Å². The van der Waals surface area contributed by atoms with E-state index in [1.54, 1.807) is 0 Å². The summed E-state index contributed by atoms with van der Waals surface area (Å²) in [6.07, 6.45) is -5.89. The number of nitrogens with zero attached hydrogens (tertiary/aromatic N) is 1. The van der Waals surface area contributed by atoms with E-state index in [2.05, 4.69) is 4.74 Å². The van der Waals surface area contributed by atoms with Gasteiger partial charge in [-0.05, 0) is 12.1 Å². The lowest BCUT2D eigenvalue weighted by Crippen LogP contribution is -2.23. The quantitative estimate of drug-likeness (QED) is 0.672. The minimum absolute atomic E-state index is 0.0905. The van der Waals surface area contributed by atoms with Gasteiger partial charge >= 0.3 is 12.3 Å². The highest BCUT2D eigenvalue weighted by molar-refractivity contribution is 5.84. The fourth-order valence-corrected chi connectivity index (χ4v) is 0.968. The van der Waals surface area contributed by atoms with Crippen LogP contribution < -0.4 is 5.32 Å². The molecule has 0 aliphatic rings. The number of hydrogen-bond donors (Lipinski definition) is 1. The summed E-state index contributed by atoms with van der Waals surface area (Å²) in [4.78, 5) is 20.6. The van der Waals surface area contributed by atoms with Gasteiger partial charge in [0.25, 0.3) is 5.69 Å². The molecular formula is C9H7F3N2O4. The van der Waals surface area contributed by atoms with Crippen molar-refractivity contribution in [1.82, 2.24) is 0 Å². The van der Waals surface area contributed by atoms with E-state index in [0.717, 1.165) is 12.1 Å². The maximum absolute atomic E-state index is 11.7. The number of nitrogens with one attached hydrogen (secondary N) is 1. The average molecular weight is 264 g/mol. The van der Waals surface area contributed by atoms with Gasteiger partial charge in [0.05, 0.1) is 4.92 Å². The zero-order valence-electron chi connectivity index (χ0n) is 8.73. The van der Waals surface area contributed by atoms with Crippen molar-refractivity contribution in [3.05, 3.63) is 34.4 Å². The Kier molecular flexibility index (Phi) is 4.08. The predicted octanol–water partition coefficient (Wildman–Crippen LogP) is 2.71. The maximum atomic E-state index is 11.7. The number of anilines is 1. The van der Waals surface area contributed by atoms with Gasteiger partial charge in [-0.3, -0.25) is 15.4 Å². The van der Waals surface area contributed by atoms with Crippen LogP contribution >= 0.6 is 0 Å². The van der Waals surface area contributed by atoms with Gasteiger partial charge in [-0.2, -0.15) is 13.2 Å². The largest absolute Gasteiger partial charge is 0.440 e. The zero-order valence-corrected chi connectivity index (χ0v) is 8.73. The predicted molar refractivity (Wildman–Crippen MR) is 54.1 cm³/mol. The molecular weight excluding hydrogens is 257 g/mol. The molecule has 0 radical (unpaired) electrons. The molecule has 0 atom stereocenters. The van der Waals surface area contributed by atoms with Crippen LogP contribution in [0, 0.1) is 10.1 Å². The van der Waals surface area contributed by atoms with E-state index in [1.807, 2.05) is 5.32 Å². The highest BCUT2D eigenvalue weighted by Crippen LogP contribution is 2.17. The molecule has 1 rings (SSSR count). The second-order valence-electron chi connectivity index (χ2n) is 3.12. The number of rotatable bonds is 3. The highest BCUT2D eigenvalue weighted by atomic mass is 19.4. The second kappa shape index (κ2) is 5.34. The summed E-state index contributed by atoms with van der Waals surface area (Å²) in [7, 11) is 0. The van der Waals surface area contributed by atoms with Crippen molar-refractivity contribution in [2.75, 3.05) is 11.9 Å². The molecule has 18 heavy (non-hydrogen) atoms. The number of carbonyl (C=O) groups is 1. The van der Waals surface area contributed by atoms with Crippen LogP contribution in [-0.4, -0.2) is 23.8 Å². The molecule has 9 heteroatoms. The average Bonchev–Trinajstić information content (AvgIpc) is 2.26. The molecule has 0 bridgehead atoms. The number of non-ortho nitro benzene ring substituents is 1. The number of ether oxygens (including phenoxy) is 1. The van der Waals surface area contributed by atoms with Crippen molar-refractivity contribution < 1.29 is 27.6 Å². The third-order valence-corrected chi connectivity index (χ3v) is 1.69. The first kappa shape index (κ1) is 13.7. The van der Waals surface area contributed by atoms with Crippen molar-refractivity contribution in [2.45, 2.75) is 6.18 Å². The van der Waals surface area contributed by atoms with Crippen LogP contribution in [0.5, 0.6) is 0 Å². The Morgan fingerprint density at radius 3 is 2.33 bits per heavy atom. The summed E-state index contributed by atoms with van der Waals surface area (Å²) in [5.41, 5.74) is -0.114. The first-order chi connectivity index (χ1) is 8.28. The SMILES string of the molecule is O=C(Nc1ccc([N+](=O)[O-])cc1)OCC(F)(F)F. The van der Waals surface area contributed by atoms with E-state index >= 15 is 0 Å². The maximum Gasteiger partial charge on any atom is 0.422 e. The summed E-state index contributed by atoms with van der Waals surface area (Å²) in [6.45, 7) is -1.70. The van der Waals surface area contributed by atoms with Gasteiger partial charge in [0.2, 0.25) is 0 Å². The summed E-state index contributed by atoms with van der Waals surface area (Å²) in [6, 6.07) is 4.54. The van der Waals surface area contributed by atoms with Gasteiger partial charge < -0.3 is 4.74 Å². The van der Waals surface area contributed by atoms with Crippen LogP contribution in [0.2, 0.25) is 0 Å². The van der Waals surface area contributed by atoms with Gasteiger partial charge in [-0.1, -0.05) is 0 Å². The van der Waals surface area contributed by atoms with E-state index in [9.17, 15) is 28.1 Å². The number of amides is 1. The molecule has 1 aromatic carbocycles. The number of hydrogen-bond acceptors (Lipinski definition) is 4. The molecule has 0 fully saturated rings. The first-order valence-corrected chi connectivity index (χ1v) is 4.53. The van der Waals surface area contributed by atoms with E-state index in [0.29, 0.717) is 0 Å². The molecule has 0 saturated heterocycles. The van der Waals surface area contributed by atoms with Gasteiger partial charge in [0.1, 0.15) is 0 Å². The van der Waals surface area contributed by atoms with Gasteiger partial charge in [0, 0.05) is 17.8 Å². The Morgan fingerprint density at radius 2 is 1.89 bits per heavy atom. The van der Waals surface area contributed by atoms with E-state index in [1.165, 1.54) is 12.1 Å². The highest BCUT2D eigenvalue weighted by Gasteiger charge is 2.29. The first-order valence-electron chi connectivity index (χ1n) is 4.53. The number of benzene rings is 1. The molecule has 0 spiro atoms. The molecule has 0 unspecified atom stereocenters. The lowest BCUT2D eigenvalue weighted by atomic mass is 10.3. The Balaban J connectivity index is 2.52. The molecule has 6 nitrogen and oxygen atoms in total. The molecule has 0 saturated carbocycles. The third-order valence-electron chi connectivity index (χ3n) is 1.69. The molecule has 98 valence electrons. The van der Waals surface area contributed by atoms with Crippen LogP contribution in [-0.2, 0) is 4.74 Å². The molecule has 0 aliphatic heterocycles. The fraction of sp³-hybridized carbons (Fsp3) is 0.222. The van der Waals surface area contributed by atoms with Crippen molar-refractivity contribution in [2.24, 2.45) is 0 Å². The van der Waals surface area contributed by atoms with Crippen molar-refractivity contribution in [1.29, 1.82) is 0 Å². The van der Waals surface area contributed by atoms with Crippen LogP contribution in [0.1, 0.15) is 0 Å². The Bertz CT molecular complexity index is 444. The van der Waals surface area contributed by atoms with E-state index in [4.69, 9.17) is 0 Å². The second-order valence-corrected chi connectivity index (χ2v) is 3.12. The number of halogens is 3. The fourth-order valence-electron chi connectivity index (χ4n) is 0.968. The Morgan fingerprint density at radius 1 is 1.33 bits per heavy atom. The monoisotopic (exact) mass is 264 g/mol. The van der Waals surface area contributed by atoms with Crippen molar-refractivity contribution in [3.8, 4) is 0 Å². The molecule has 0 aromatic heterocycles. The Labute approximate surface area is 98.5 Å². The summed E-state index contributed by atoms with van der Waals surface area (Å²) < 4.78 is 39.0. The topological polar surface area (TPSA) is 81.5 Å². The van der Waals surface area contributed by atoms with Crippen LogP contribution in [0.3, 0.4) is 0 Å². The smallest absolute Gasteiger partial charge is 0.422 e. The van der Waals surface area contributed by atoms with Crippen molar-refractivity contribution in [3.63, 3.8) is 0 Å². The third kappa shape index (κ3) is 4.68.